The van der Waals surface area contributed by atoms with E-state index in [1.807, 2.05) is 0 Å². The first kappa shape index (κ1) is 15.9. The Kier molecular flexibility index (Phi) is 4.06. The molecule has 4 nitrogen and oxygen atoms in total. The molecule has 124 valence electrons. The number of pyridine rings is 1. The fraction of sp³-hybridized carbons (Fsp3) is 0.438. The maximum absolute atomic E-state index is 13.4. The van der Waals surface area contributed by atoms with Crippen LogP contribution in [-0.4, -0.2) is 24.2 Å². The molecular formula is C16H17F3N2O2. The van der Waals surface area contributed by atoms with Gasteiger partial charge in [0.05, 0.1) is 5.56 Å². The number of aromatic nitrogens is 1. The molecule has 0 atom stereocenters. The second kappa shape index (κ2) is 5.88. The largest absolute Gasteiger partial charge is 0.490 e. The molecule has 1 saturated heterocycles. The number of aryl methyl sites for hydroxylation is 1. The Labute approximate surface area is 130 Å². The molecule has 0 unspecified atom stereocenters. The van der Waals surface area contributed by atoms with Gasteiger partial charge in [0, 0.05) is 11.6 Å². The van der Waals surface area contributed by atoms with Gasteiger partial charge in [-0.15, -0.1) is 0 Å². The van der Waals surface area contributed by atoms with Crippen molar-refractivity contribution in [3.63, 3.8) is 0 Å². The zero-order valence-corrected chi connectivity index (χ0v) is 12.6. The minimum atomic E-state index is -4.58. The van der Waals surface area contributed by atoms with Gasteiger partial charge in [0.1, 0.15) is 11.9 Å². The van der Waals surface area contributed by atoms with Crippen LogP contribution in [0.3, 0.4) is 0 Å². The molecule has 1 aliphatic heterocycles. The molecular weight excluding hydrogens is 309 g/mol. The minimum Gasteiger partial charge on any atom is -0.490 e. The molecule has 0 bridgehead atoms. The van der Waals surface area contributed by atoms with Crippen molar-refractivity contribution in [3.8, 4) is 5.75 Å². The number of aromatic amines is 1. The van der Waals surface area contributed by atoms with Crippen molar-refractivity contribution in [1.29, 1.82) is 0 Å². The van der Waals surface area contributed by atoms with Crippen molar-refractivity contribution in [3.05, 3.63) is 39.8 Å². The number of hydrogen-bond acceptors (Lipinski definition) is 3. The number of rotatable bonds is 2. The number of alkyl halides is 3. The van der Waals surface area contributed by atoms with Crippen molar-refractivity contribution in [2.75, 3.05) is 13.1 Å². The fourth-order valence-corrected chi connectivity index (χ4v) is 2.84. The highest BCUT2D eigenvalue weighted by Crippen LogP contribution is 2.39. The highest BCUT2D eigenvalue weighted by atomic mass is 19.4. The summed E-state index contributed by atoms with van der Waals surface area (Å²) in [6.07, 6.45) is -2.02. The number of H-pyrrole nitrogens is 1. The monoisotopic (exact) mass is 326 g/mol. The normalized spacial score (nSPS) is 16.7. The number of fused-ring (bicyclic) bond motifs is 1. The van der Waals surface area contributed by atoms with E-state index in [-0.39, 0.29) is 17.2 Å². The molecule has 0 spiro atoms. The molecule has 1 aliphatic rings. The lowest BCUT2D eigenvalue weighted by atomic mass is 10.0. The molecule has 23 heavy (non-hydrogen) atoms. The predicted octanol–water partition coefficient (Wildman–Crippen LogP) is 2.99. The fourth-order valence-electron chi connectivity index (χ4n) is 2.84. The Morgan fingerprint density at radius 3 is 2.52 bits per heavy atom. The molecule has 3 rings (SSSR count). The molecule has 2 aromatic rings. The van der Waals surface area contributed by atoms with Crippen LogP contribution in [0.1, 0.15) is 24.0 Å². The number of halogens is 3. The van der Waals surface area contributed by atoms with E-state index in [4.69, 9.17) is 4.74 Å². The first-order chi connectivity index (χ1) is 10.9. The van der Waals surface area contributed by atoms with Gasteiger partial charge >= 0.3 is 6.18 Å². The topological polar surface area (TPSA) is 54.1 Å². The molecule has 2 N–H and O–H groups in total. The average molecular weight is 326 g/mol. The highest BCUT2D eigenvalue weighted by molar-refractivity contribution is 5.87. The summed E-state index contributed by atoms with van der Waals surface area (Å²) in [5, 5.41) is 3.64. The SMILES string of the molecule is Cc1c[nH]c(=O)c2cc(C(F)(F)F)c(OC3CCNCC3)cc12. The molecule has 0 aliphatic carbocycles. The lowest BCUT2D eigenvalue weighted by Gasteiger charge is -2.25. The molecule has 0 saturated carbocycles. The van der Waals surface area contributed by atoms with Crippen LogP contribution in [0.15, 0.2) is 23.1 Å². The van der Waals surface area contributed by atoms with Crippen molar-refractivity contribution in [2.45, 2.75) is 32.0 Å². The van der Waals surface area contributed by atoms with Crippen LogP contribution in [-0.2, 0) is 6.18 Å². The summed E-state index contributed by atoms with van der Waals surface area (Å²) in [5.41, 5.74) is -0.743. The van der Waals surface area contributed by atoms with Gasteiger partial charge < -0.3 is 15.0 Å². The van der Waals surface area contributed by atoms with Crippen LogP contribution in [0, 0.1) is 6.92 Å². The van der Waals surface area contributed by atoms with E-state index in [2.05, 4.69) is 10.3 Å². The predicted molar refractivity (Wildman–Crippen MR) is 80.8 cm³/mol. The summed E-state index contributed by atoms with van der Waals surface area (Å²) >= 11 is 0. The third-order valence-corrected chi connectivity index (χ3v) is 4.09. The number of hydrogen-bond donors (Lipinski definition) is 2. The number of ether oxygens (including phenoxy) is 1. The van der Waals surface area contributed by atoms with Crippen molar-refractivity contribution in [2.24, 2.45) is 0 Å². The van der Waals surface area contributed by atoms with Crippen molar-refractivity contribution < 1.29 is 17.9 Å². The first-order valence-corrected chi connectivity index (χ1v) is 7.47. The van der Waals surface area contributed by atoms with E-state index in [0.717, 1.165) is 19.2 Å². The Bertz CT molecular complexity index is 777. The van der Waals surface area contributed by atoms with E-state index < -0.39 is 17.3 Å². The molecule has 1 fully saturated rings. The molecule has 0 radical (unpaired) electrons. The van der Waals surface area contributed by atoms with Gasteiger partial charge in [0.2, 0.25) is 0 Å². The number of nitrogens with one attached hydrogen (secondary N) is 2. The van der Waals surface area contributed by atoms with Crippen molar-refractivity contribution >= 4 is 10.8 Å². The van der Waals surface area contributed by atoms with E-state index in [1.165, 1.54) is 12.3 Å². The maximum atomic E-state index is 13.4. The van der Waals surface area contributed by atoms with Gasteiger partial charge in [-0.2, -0.15) is 13.2 Å². The van der Waals surface area contributed by atoms with Crippen LogP contribution in [0.4, 0.5) is 13.2 Å². The summed E-state index contributed by atoms with van der Waals surface area (Å²) in [5.74, 6) is -0.203. The third kappa shape index (κ3) is 3.19. The standard InChI is InChI=1S/C16H17F3N2O2/c1-9-8-21-15(22)12-6-13(16(17,18)19)14(7-11(9)12)23-10-2-4-20-5-3-10/h6-8,10,20H,2-5H2,1H3,(H,21,22). The van der Waals surface area contributed by atoms with E-state index in [9.17, 15) is 18.0 Å². The van der Waals surface area contributed by atoms with Gasteiger partial charge in [0.25, 0.3) is 5.56 Å². The quantitative estimate of drug-likeness (QED) is 0.892. The first-order valence-electron chi connectivity index (χ1n) is 7.47. The molecule has 1 aromatic heterocycles. The molecule has 2 heterocycles. The Morgan fingerprint density at radius 1 is 1.17 bits per heavy atom. The third-order valence-electron chi connectivity index (χ3n) is 4.09. The molecule has 0 amide bonds. The van der Waals surface area contributed by atoms with Crippen molar-refractivity contribution in [1.82, 2.24) is 10.3 Å². The Balaban J connectivity index is 2.13. The summed E-state index contributed by atoms with van der Waals surface area (Å²) in [6.45, 7) is 3.18. The Morgan fingerprint density at radius 2 is 1.87 bits per heavy atom. The number of piperidine rings is 1. The lowest BCUT2D eigenvalue weighted by Crippen LogP contribution is -2.34. The van der Waals surface area contributed by atoms with Crippen LogP contribution in [0.5, 0.6) is 5.75 Å². The van der Waals surface area contributed by atoms with Crippen LogP contribution < -0.4 is 15.6 Å². The van der Waals surface area contributed by atoms with Gasteiger partial charge in [-0.3, -0.25) is 4.79 Å². The van der Waals surface area contributed by atoms with E-state index in [1.54, 1.807) is 6.92 Å². The summed E-state index contributed by atoms with van der Waals surface area (Å²) in [7, 11) is 0. The molecule has 7 heteroatoms. The van der Waals surface area contributed by atoms with Gasteiger partial charge in [-0.25, -0.2) is 0 Å². The van der Waals surface area contributed by atoms with Crippen LogP contribution in [0.25, 0.3) is 10.8 Å². The summed E-state index contributed by atoms with van der Waals surface area (Å²) in [4.78, 5) is 14.3. The minimum absolute atomic E-state index is 0.0231. The van der Waals surface area contributed by atoms with Crippen LogP contribution in [0.2, 0.25) is 0 Å². The van der Waals surface area contributed by atoms with E-state index >= 15 is 0 Å². The number of benzene rings is 1. The summed E-state index contributed by atoms with van der Waals surface area (Å²) in [6, 6.07) is 2.22. The zero-order chi connectivity index (χ0) is 16.6. The zero-order valence-electron chi connectivity index (χ0n) is 12.6. The molecule has 1 aromatic carbocycles. The second-order valence-corrected chi connectivity index (χ2v) is 5.76. The lowest BCUT2D eigenvalue weighted by molar-refractivity contribution is -0.139. The van der Waals surface area contributed by atoms with Gasteiger partial charge in [-0.05, 0) is 55.9 Å². The van der Waals surface area contributed by atoms with Gasteiger partial charge in [-0.1, -0.05) is 0 Å². The highest BCUT2D eigenvalue weighted by Gasteiger charge is 2.36. The Hall–Kier alpha value is -2.02. The average Bonchev–Trinajstić information content (AvgIpc) is 2.51. The smallest absolute Gasteiger partial charge is 0.419 e. The summed E-state index contributed by atoms with van der Waals surface area (Å²) < 4.78 is 45.7. The van der Waals surface area contributed by atoms with Gasteiger partial charge in [0.15, 0.2) is 0 Å². The maximum Gasteiger partial charge on any atom is 0.419 e. The van der Waals surface area contributed by atoms with E-state index in [0.29, 0.717) is 23.8 Å². The van der Waals surface area contributed by atoms with Crippen LogP contribution >= 0.6 is 0 Å². The second-order valence-electron chi connectivity index (χ2n) is 5.76.